The lowest BCUT2D eigenvalue weighted by Crippen LogP contribution is -2.40. The summed E-state index contributed by atoms with van der Waals surface area (Å²) in [5.41, 5.74) is 8.72. The number of nitrogens with zero attached hydrogens (tertiary/aromatic N) is 5. The van der Waals surface area contributed by atoms with E-state index in [1.165, 1.54) is 0 Å². The Balaban J connectivity index is 1.67. The van der Waals surface area contributed by atoms with Gasteiger partial charge in [-0.05, 0) is 25.0 Å². The van der Waals surface area contributed by atoms with Crippen molar-refractivity contribution < 1.29 is 14.6 Å². The quantitative estimate of drug-likeness (QED) is 0.720. The molecule has 1 aliphatic rings. The molecule has 3 aromatic heterocycles. The van der Waals surface area contributed by atoms with Crippen LogP contribution in [0.3, 0.4) is 0 Å². The molecule has 4 rings (SSSR count). The zero-order valence-electron chi connectivity index (χ0n) is 15.1. The SMILES string of the molecule is CCc1nc2c(N)nc3cccnc3c2n1COC(=O)N1CCC(O)CC1. The number of hydrogen-bond acceptors (Lipinski definition) is 7. The molecule has 3 aromatic rings. The number of amides is 1. The third kappa shape index (κ3) is 3.14. The number of hydrogen-bond donors (Lipinski definition) is 2. The van der Waals surface area contributed by atoms with E-state index in [0.717, 1.165) is 11.3 Å². The summed E-state index contributed by atoms with van der Waals surface area (Å²) < 4.78 is 7.37. The standard InChI is InChI=1S/C18H22N6O3/c1-2-13-22-15-16(14-12(21-17(15)19)4-3-7-20-14)24(13)10-27-18(26)23-8-5-11(25)6-9-23/h3-4,7,11,25H,2,5-6,8-10H2,1H3,(H2,19,21). The number of aliphatic hydroxyl groups excluding tert-OH is 1. The van der Waals surface area contributed by atoms with E-state index in [9.17, 15) is 9.90 Å². The maximum absolute atomic E-state index is 12.4. The number of rotatable bonds is 3. The van der Waals surface area contributed by atoms with E-state index in [1.54, 1.807) is 17.2 Å². The number of nitrogen functional groups attached to an aromatic ring is 1. The van der Waals surface area contributed by atoms with Gasteiger partial charge in [0, 0.05) is 25.7 Å². The summed E-state index contributed by atoms with van der Waals surface area (Å²) in [4.78, 5) is 27.4. The largest absolute Gasteiger partial charge is 0.428 e. The van der Waals surface area contributed by atoms with Crippen LogP contribution < -0.4 is 5.73 Å². The van der Waals surface area contributed by atoms with Crippen LogP contribution in [0.15, 0.2) is 18.3 Å². The maximum Gasteiger partial charge on any atom is 0.411 e. The molecule has 1 fully saturated rings. The van der Waals surface area contributed by atoms with Crippen molar-refractivity contribution in [2.24, 2.45) is 0 Å². The lowest BCUT2D eigenvalue weighted by Gasteiger charge is -2.28. The van der Waals surface area contributed by atoms with Crippen LogP contribution in [0.2, 0.25) is 0 Å². The number of aliphatic hydroxyl groups is 1. The summed E-state index contributed by atoms with van der Waals surface area (Å²) in [5, 5.41) is 9.59. The molecule has 0 spiro atoms. The van der Waals surface area contributed by atoms with Gasteiger partial charge in [-0.3, -0.25) is 9.55 Å². The molecule has 0 atom stereocenters. The van der Waals surface area contributed by atoms with Crippen molar-refractivity contribution in [2.45, 2.75) is 39.0 Å². The van der Waals surface area contributed by atoms with Gasteiger partial charge >= 0.3 is 6.09 Å². The Morgan fingerprint density at radius 3 is 2.85 bits per heavy atom. The average molecular weight is 370 g/mol. The molecule has 4 heterocycles. The molecule has 0 saturated carbocycles. The fraction of sp³-hybridized carbons (Fsp3) is 0.444. The first-order valence-electron chi connectivity index (χ1n) is 9.07. The Hall–Kier alpha value is -2.94. The Labute approximate surface area is 155 Å². The van der Waals surface area contributed by atoms with Crippen LogP contribution in [0.25, 0.3) is 22.1 Å². The van der Waals surface area contributed by atoms with Gasteiger partial charge in [0.2, 0.25) is 0 Å². The van der Waals surface area contributed by atoms with Crippen molar-refractivity contribution in [2.75, 3.05) is 18.8 Å². The molecule has 0 aromatic carbocycles. The smallest absolute Gasteiger partial charge is 0.411 e. The summed E-state index contributed by atoms with van der Waals surface area (Å²) >= 11 is 0. The van der Waals surface area contributed by atoms with E-state index in [1.807, 2.05) is 17.6 Å². The van der Waals surface area contributed by atoms with Gasteiger partial charge in [0.05, 0.1) is 11.6 Å². The van der Waals surface area contributed by atoms with Crippen molar-refractivity contribution in [1.29, 1.82) is 0 Å². The zero-order chi connectivity index (χ0) is 19.0. The lowest BCUT2D eigenvalue weighted by molar-refractivity contribution is 0.0453. The van der Waals surface area contributed by atoms with Crippen LogP contribution >= 0.6 is 0 Å². The van der Waals surface area contributed by atoms with E-state index in [4.69, 9.17) is 10.5 Å². The number of piperidine rings is 1. The highest BCUT2D eigenvalue weighted by atomic mass is 16.6. The van der Waals surface area contributed by atoms with E-state index in [-0.39, 0.29) is 12.8 Å². The molecular formula is C18H22N6O3. The van der Waals surface area contributed by atoms with Crippen molar-refractivity contribution in [1.82, 2.24) is 24.4 Å². The molecule has 0 aliphatic carbocycles. The van der Waals surface area contributed by atoms with E-state index >= 15 is 0 Å². The Kier molecular flexibility index (Phi) is 4.53. The van der Waals surface area contributed by atoms with Gasteiger partial charge in [0.15, 0.2) is 12.5 Å². The van der Waals surface area contributed by atoms with Gasteiger partial charge < -0.3 is 20.5 Å². The summed E-state index contributed by atoms with van der Waals surface area (Å²) in [7, 11) is 0. The normalized spacial score (nSPS) is 15.6. The number of imidazole rings is 1. The predicted octanol–water partition coefficient (Wildman–Crippen LogP) is 1.67. The molecule has 1 amide bonds. The van der Waals surface area contributed by atoms with Crippen LogP contribution in [0.5, 0.6) is 0 Å². The number of carbonyl (C=O) groups is 1. The first-order chi connectivity index (χ1) is 13.1. The molecule has 142 valence electrons. The van der Waals surface area contributed by atoms with Crippen LogP contribution in [-0.2, 0) is 17.9 Å². The van der Waals surface area contributed by atoms with Crippen LogP contribution in [-0.4, -0.2) is 54.8 Å². The zero-order valence-corrected chi connectivity index (χ0v) is 15.1. The molecule has 0 radical (unpaired) electrons. The Morgan fingerprint density at radius 1 is 1.33 bits per heavy atom. The number of ether oxygens (including phenoxy) is 1. The molecule has 1 aliphatic heterocycles. The van der Waals surface area contributed by atoms with Crippen LogP contribution in [0.4, 0.5) is 10.6 Å². The number of nitrogens with two attached hydrogens (primary N) is 1. The first-order valence-corrected chi connectivity index (χ1v) is 9.07. The fourth-order valence-electron chi connectivity index (χ4n) is 3.44. The molecule has 3 N–H and O–H groups in total. The highest BCUT2D eigenvalue weighted by molar-refractivity contribution is 6.04. The Morgan fingerprint density at radius 2 is 2.11 bits per heavy atom. The summed E-state index contributed by atoms with van der Waals surface area (Å²) in [6.45, 7) is 2.98. The third-order valence-corrected chi connectivity index (χ3v) is 4.90. The molecular weight excluding hydrogens is 348 g/mol. The second kappa shape index (κ2) is 6.99. The second-order valence-corrected chi connectivity index (χ2v) is 6.63. The predicted molar refractivity (Wildman–Crippen MR) is 99.9 cm³/mol. The minimum atomic E-state index is -0.398. The maximum atomic E-state index is 12.4. The van der Waals surface area contributed by atoms with Gasteiger partial charge in [-0.15, -0.1) is 0 Å². The first kappa shape index (κ1) is 17.5. The number of aryl methyl sites for hydroxylation is 1. The monoisotopic (exact) mass is 370 g/mol. The minimum Gasteiger partial charge on any atom is -0.428 e. The molecule has 27 heavy (non-hydrogen) atoms. The molecule has 9 nitrogen and oxygen atoms in total. The number of anilines is 1. The van der Waals surface area contributed by atoms with Crippen LogP contribution in [0, 0.1) is 0 Å². The van der Waals surface area contributed by atoms with E-state index in [2.05, 4.69) is 15.0 Å². The minimum absolute atomic E-state index is 0.0205. The van der Waals surface area contributed by atoms with Gasteiger partial charge in [0.25, 0.3) is 0 Å². The van der Waals surface area contributed by atoms with Crippen molar-refractivity contribution in [3.63, 3.8) is 0 Å². The van der Waals surface area contributed by atoms with Gasteiger partial charge in [-0.1, -0.05) is 6.92 Å². The van der Waals surface area contributed by atoms with Crippen molar-refractivity contribution >= 4 is 34.0 Å². The summed E-state index contributed by atoms with van der Waals surface area (Å²) in [5.74, 6) is 1.08. The van der Waals surface area contributed by atoms with Crippen LogP contribution in [0.1, 0.15) is 25.6 Å². The molecule has 0 bridgehead atoms. The Bertz CT molecular complexity index is 994. The summed E-state index contributed by atoms with van der Waals surface area (Å²) in [6.07, 6.45) is 2.74. The van der Waals surface area contributed by atoms with Gasteiger partial charge in [-0.2, -0.15) is 0 Å². The number of carbonyl (C=O) groups excluding carboxylic acids is 1. The van der Waals surface area contributed by atoms with E-state index in [0.29, 0.717) is 54.7 Å². The second-order valence-electron chi connectivity index (χ2n) is 6.63. The summed E-state index contributed by atoms with van der Waals surface area (Å²) in [6, 6.07) is 3.64. The van der Waals surface area contributed by atoms with Gasteiger partial charge in [0.1, 0.15) is 22.4 Å². The fourth-order valence-corrected chi connectivity index (χ4v) is 3.44. The number of pyridine rings is 2. The topological polar surface area (TPSA) is 119 Å². The molecule has 1 saturated heterocycles. The van der Waals surface area contributed by atoms with Gasteiger partial charge in [-0.25, -0.2) is 14.8 Å². The lowest BCUT2D eigenvalue weighted by atomic mass is 10.1. The number of fused-ring (bicyclic) bond motifs is 3. The van der Waals surface area contributed by atoms with E-state index < -0.39 is 6.09 Å². The highest BCUT2D eigenvalue weighted by Crippen LogP contribution is 2.27. The third-order valence-electron chi connectivity index (χ3n) is 4.90. The molecule has 9 heteroatoms. The molecule has 0 unspecified atom stereocenters. The highest BCUT2D eigenvalue weighted by Gasteiger charge is 2.23. The average Bonchev–Trinajstić information content (AvgIpc) is 3.06. The van der Waals surface area contributed by atoms with Crippen molar-refractivity contribution in [3.05, 3.63) is 24.2 Å². The number of aromatic nitrogens is 4. The number of likely N-dealkylation sites (tertiary alicyclic amines) is 1. The van der Waals surface area contributed by atoms with Crippen molar-refractivity contribution in [3.8, 4) is 0 Å².